The van der Waals surface area contributed by atoms with E-state index in [0.717, 1.165) is 36.2 Å². The number of carbonyl (C=O) groups is 1. The summed E-state index contributed by atoms with van der Waals surface area (Å²) in [4.78, 5) is 12.5. The molecule has 1 saturated carbocycles. The van der Waals surface area contributed by atoms with Gasteiger partial charge in [0, 0.05) is 16.8 Å². The highest BCUT2D eigenvalue weighted by molar-refractivity contribution is 5.96. The van der Waals surface area contributed by atoms with E-state index >= 15 is 0 Å². The Morgan fingerprint density at radius 3 is 2.61 bits per heavy atom. The molecular weight excluding hydrogens is 224 g/mol. The smallest absolute Gasteiger partial charge is 0.230 e. The van der Waals surface area contributed by atoms with Crippen LogP contribution in [-0.4, -0.2) is 5.91 Å². The Balaban J connectivity index is 2.15. The molecule has 0 aliphatic heterocycles. The Kier molecular flexibility index (Phi) is 3.60. The molecule has 0 atom stereocenters. The van der Waals surface area contributed by atoms with Gasteiger partial charge in [-0.05, 0) is 49.9 Å². The summed E-state index contributed by atoms with van der Waals surface area (Å²) in [6, 6.07) is 5.61. The fourth-order valence-corrected chi connectivity index (χ4v) is 2.87. The van der Waals surface area contributed by atoms with Gasteiger partial charge in [0.15, 0.2) is 0 Å². The number of nitrogen functional groups attached to an aromatic ring is 1. The minimum atomic E-state index is -0.145. The molecule has 0 radical (unpaired) electrons. The van der Waals surface area contributed by atoms with Gasteiger partial charge in [-0.3, -0.25) is 4.79 Å². The van der Waals surface area contributed by atoms with Crippen LogP contribution in [-0.2, 0) is 4.79 Å². The summed E-state index contributed by atoms with van der Waals surface area (Å²) in [7, 11) is 0. The fraction of sp³-hybridized carbons (Fsp3) is 0.533. The highest BCUT2D eigenvalue weighted by Gasteiger charge is 2.39. The highest BCUT2D eigenvalue weighted by Crippen LogP contribution is 2.42. The number of benzene rings is 1. The molecule has 0 heterocycles. The number of nitrogens with two attached hydrogens (primary N) is 1. The summed E-state index contributed by atoms with van der Waals surface area (Å²) >= 11 is 0. The molecule has 3 nitrogen and oxygen atoms in total. The SMILES string of the molecule is CCC1(C(=O)Nc2ccc(N)cc2C)CCCC1. The maximum absolute atomic E-state index is 12.5. The van der Waals surface area contributed by atoms with E-state index < -0.39 is 0 Å². The Morgan fingerprint density at radius 1 is 1.39 bits per heavy atom. The van der Waals surface area contributed by atoms with Crippen molar-refractivity contribution in [2.75, 3.05) is 11.1 Å². The van der Waals surface area contributed by atoms with Crippen LogP contribution in [0, 0.1) is 12.3 Å². The largest absolute Gasteiger partial charge is 0.399 e. The quantitative estimate of drug-likeness (QED) is 0.802. The minimum absolute atomic E-state index is 0.145. The van der Waals surface area contributed by atoms with Crippen molar-refractivity contribution < 1.29 is 4.79 Å². The first-order valence-corrected chi connectivity index (χ1v) is 6.75. The maximum atomic E-state index is 12.5. The fourth-order valence-electron chi connectivity index (χ4n) is 2.87. The lowest BCUT2D eigenvalue weighted by molar-refractivity contribution is -0.125. The van der Waals surface area contributed by atoms with E-state index in [1.54, 1.807) is 0 Å². The second kappa shape index (κ2) is 5.01. The van der Waals surface area contributed by atoms with Crippen LogP contribution in [0.1, 0.15) is 44.6 Å². The van der Waals surface area contributed by atoms with Crippen LogP contribution in [0.15, 0.2) is 18.2 Å². The lowest BCUT2D eigenvalue weighted by Crippen LogP contribution is -2.33. The van der Waals surface area contributed by atoms with Crippen LogP contribution >= 0.6 is 0 Å². The van der Waals surface area contributed by atoms with Gasteiger partial charge in [0.2, 0.25) is 5.91 Å². The first-order chi connectivity index (χ1) is 8.57. The Labute approximate surface area is 109 Å². The normalized spacial score (nSPS) is 17.7. The van der Waals surface area contributed by atoms with Crippen LogP contribution in [0.4, 0.5) is 11.4 Å². The van der Waals surface area contributed by atoms with Crippen molar-refractivity contribution in [2.24, 2.45) is 5.41 Å². The van der Waals surface area contributed by atoms with Crippen molar-refractivity contribution in [3.8, 4) is 0 Å². The average Bonchev–Trinajstić information content (AvgIpc) is 2.82. The van der Waals surface area contributed by atoms with Gasteiger partial charge in [-0.15, -0.1) is 0 Å². The van der Waals surface area contributed by atoms with E-state index in [2.05, 4.69) is 12.2 Å². The molecule has 1 aromatic rings. The van der Waals surface area contributed by atoms with E-state index in [9.17, 15) is 4.79 Å². The second-order valence-electron chi connectivity index (χ2n) is 5.37. The molecule has 98 valence electrons. The Hall–Kier alpha value is -1.51. The predicted octanol–water partition coefficient (Wildman–Crippen LogP) is 3.49. The molecule has 1 aliphatic rings. The number of anilines is 2. The molecule has 1 aliphatic carbocycles. The highest BCUT2D eigenvalue weighted by atomic mass is 16.2. The van der Waals surface area contributed by atoms with Crippen LogP contribution in [0.3, 0.4) is 0 Å². The van der Waals surface area contributed by atoms with Crippen molar-refractivity contribution in [2.45, 2.75) is 46.0 Å². The molecular formula is C15H22N2O. The lowest BCUT2D eigenvalue weighted by Gasteiger charge is -2.26. The molecule has 3 N–H and O–H groups in total. The van der Waals surface area contributed by atoms with Crippen molar-refractivity contribution in [3.63, 3.8) is 0 Å². The molecule has 0 aromatic heterocycles. The van der Waals surface area contributed by atoms with Crippen molar-refractivity contribution >= 4 is 17.3 Å². The molecule has 0 saturated heterocycles. The number of aryl methyl sites for hydroxylation is 1. The van der Waals surface area contributed by atoms with Crippen molar-refractivity contribution in [3.05, 3.63) is 23.8 Å². The summed E-state index contributed by atoms with van der Waals surface area (Å²) in [5, 5.41) is 3.08. The Bertz CT molecular complexity index is 448. The molecule has 1 fully saturated rings. The van der Waals surface area contributed by atoms with Gasteiger partial charge in [-0.1, -0.05) is 19.8 Å². The number of nitrogens with one attached hydrogen (secondary N) is 1. The molecule has 0 bridgehead atoms. The van der Waals surface area contributed by atoms with Crippen LogP contribution in [0.25, 0.3) is 0 Å². The van der Waals surface area contributed by atoms with Gasteiger partial charge in [-0.2, -0.15) is 0 Å². The molecule has 2 rings (SSSR count). The minimum Gasteiger partial charge on any atom is -0.399 e. The lowest BCUT2D eigenvalue weighted by atomic mass is 9.82. The zero-order valence-corrected chi connectivity index (χ0v) is 11.3. The van der Waals surface area contributed by atoms with Gasteiger partial charge < -0.3 is 11.1 Å². The average molecular weight is 246 g/mol. The maximum Gasteiger partial charge on any atom is 0.230 e. The monoisotopic (exact) mass is 246 g/mol. The summed E-state index contributed by atoms with van der Waals surface area (Å²) in [5.74, 6) is 0.176. The zero-order chi connectivity index (χ0) is 13.2. The third kappa shape index (κ3) is 2.35. The first-order valence-electron chi connectivity index (χ1n) is 6.75. The summed E-state index contributed by atoms with van der Waals surface area (Å²) < 4.78 is 0. The molecule has 3 heteroatoms. The van der Waals surface area contributed by atoms with Gasteiger partial charge >= 0.3 is 0 Å². The van der Waals surface area contributed by atoms with Crippen LogP contribution in [0.2, 0.25) is 0 Å². The first kappa shape index (κ1) is 12.9. The standard InChI is InChI=1S/C15H22N2O/c1-3-15(8-4-5-9-15)14(18)17-13-7-6-12(16)10-11(13)2/h6-7,10H,3-5,8-9,16H2,1-2H3,(H,17,18). The second-order valence-corrected chi connectivity index (χ2v) is 5.37. The summed E-state index contributed by atoms with van der Waals surface area (Å²) in [6.45, 7) is 4.08. The number of rotatable bonds is 3. The van der Waals surface area contributed by atoms with Gasteiger partial charge in [-0.25, -0.2) is 0 Å². The van der Waals surface area contributed by atoms with Gasteiger partial charge in [0.1, 0.15) is 0 Å². The van der Waals surface area contributed by atoms with E-state index in [1.807, 2.05) is 25.1 Å². The molecule has 1 aromatic carbocycles. The third-order valence-corrected chi connectivity index (χ3v) is 4.22. The topological polar surface area (TPSA) is 55.1 Å². The molecule has 1 amide bonds. The van der Waals surface area contributed by atoms with Crippen molar-refractivity contribution in [1.29, 1.82) is 0 Å². The molecule has 0 spiro atoms. The third-order valence-electron chi connectivity index (χ3n) is 4.22. The van der Waals surface area contributed by atoms with Crippen molar-refractivity contribution in [1.82, 2.24) is 0 Å². The summed E-state index contributed by atoms with van der Waals surface area (Å²) in [6.07, 6.45) is 5.30. The molecule has 18 heavy (non-hydrogen) atoms. The van der Waals surface area contributed by atoms with E-state index in [0.29, 0.717) is 0 Å². The zero-order valence-electron chi connectivity index (χ0n) is 11.3. The predicted molar refractivity (Wildman–Crippen MR) is 75.4 cm³/mol. The van der Waals surface area contributed by atoms with E-state index in [4.69, 9.17) is 5.73 Å². The number of carbonyl (C=O) groups excluding carboxylic acids is 1. The Morgan fingerprint density at radius 2 is 2.06 bits per heavy atom. The van der Waals surface area contributed by atoms with Crippen LogP contribution < -0.4 is 11.1 Å². The van der Waals surface area contributed by atoms with Gasteiger partial charge in [0.25, 0.3) is 0 Å². The van der Waals surface area contributed by atoms with E-state index in [1.165, 1.54) is 12.8 Å². The van der Waals surface area contributed by atoms with E-state index in [-0.39, 0.29) is 11.3 Å². The molecule has 0 unspecified atom stereocenters. The number of hydrogen-bond acceptors (Lipinski definition) is 2. The number of hydrogen-bond donors (Lipinski definition) is 2. The van der Waals surface area contributed by atoms with Crippen LogP contribution in [0.5, 0.6) is 0 Å². The van der Waals surface area contributed by atoms with Gasteiger partial charge in [0.05, 0.1) is 0 Å². The number of amides is 1. The summed E-state index contributed by atoms with van der Waals surface area (Å²) in [5.41, 5.74) is 8.21.